The second-order valence-electron chi connectivity index (χ2n) is 4.33. The first-order valence-corrected chi connectivity index (χ1v) is 6.32. The van der Waals surface area contributed by atoms with Crippen LogP contribution in [0.1, 0.15) is 10.4 Å². The standard InChI is InChI=1S/C13H9BrN2O3/c1-16-5-8(14)11-10(12(16)17)7-3-2-6(13(18)19)4-9(7)15-11/h2-5,15H,1H3,(H,18,19). The van der Waals surface area contributed by atoms with E-state index >= 15 is 0 Å². The van der Waals surface area contributed by atoms with Crippen LogP contribution >= 0.6 is 15.9 Å². The Hall–Kier alpha value is -2.08. The Labute approximate surface area is 115 Å². The number of hydrogen-bond acceptors (Lipinski definition) is 2. The Morgan fingerprint density at radius 2 is 2.16 bits per heavy atom. The van der Waals surface area contributed by atoms with E-state index < -0.39 is 5.97 Å². The number of pyridine rings is 1. The van der Waals surface area contributed by atoms with Gasteiger partial charge in [0.1, 0.15) is 0 Å². The normalized spacial score (nSPS) is 11.3. The van der Waals surface area contributed by atoms with Crippen molar-refractivity contribution in [2.24, 2.45) is 7.05 Å². The first-order valence-electron chi connectivity index (χ1n) is 5.53. The number of nitrogens with one attached hydrogen (secondary N) is 1. The van der Waals surface area contributed by atoms with Gasteiger partial charge < -0.3 is 14.7 Å². The summed E-state index contributed by atoms with van der Waals surface area (Å²) < 4.78 is 2.25. The van der Waals surface area contributed by atoms with Crippen LogP contribution in [0.2, 0.25) is 0 Å². The van der Waals surface area contributed by atoms with E-state index in [0.717, 1.165) is 9.86 Å². The number of aromatic carboxylic acids is 1. The number of nitrogens with zero attached hydrogens (tertiary/aromatic N) is 1. The van der Waals surface area contributed by atoms with Gasteiger partial charge in [-0.1, -0.05) is 6.07 Å². The molecule has 0 saturated carbocycles. The quantitative estimate of drug-likeness (QED) is 0.723. The van der Waals surface area contributed by atoms with Crippen LogP contribution < -0.4 is 5.56 Å². The summed E-state index contributed by atoms with van der Waals surface area (Å²) in [7, 11) is 1.68. The zero-order valence-corrected chi connectivity index (χ0v) is 11.5. The maximum atomic E-state index is 12.2. The first-order chi connectivity index (χ1) is 8.99. The average Bonchev–Trinajstić information content (AvgIpc) is 2.75. The summed E-state index contributed by atoms with van der Waals surface area (Å²) in [6, 6.07) is 4.69. The molecule has 0 amide bonds. The third-order valence-electron chi connectivity index (χ3n) is 3.13. The van der Waals surface area contributed by atoms with Crippen molar-refractivity contribution >= 4 is 43.7 Å². The maximum Gasteiger partial charge on any atom is 0.335 e. The van der Waals surface area contributed by atoms with Gasteiger partial charge >= 0.3 is 5.97 Å². The summed E-state index contributed by atoms with van der Waals surface area (Å²) in [6.07, 6.45) is 1.68. The van der Waals surface area contributed by atoms with Crippen molar-refractivity contribution in [3.8, 4) is 0 Å². The van der Waals surface area contributed by atoms with E-state index in [0.29, 0.717) is 16.4 Å². The minimum absolute atomic E-state index is 0.118. The number of carboxylic acids is 1. The Kier molecular flexibility index (Phi) is 2.50. The molecule has 0 aliphatic rings. The van der Waals surface area contributed by atoms with Crippen LogP contribution in [-0.2, 0) is 7.05 Å². The second kappa shape index (κ2) is 3.96. The lowest BCUT2D eigenvalue weighted by Crippen LogP contribution is -2.15. The molecular formula is C13H9BrN2O3. The highest BCUT2D eigenvalue weighted by atomic mass is 79.9. The number of rotatable bonds is 1. The van der Waals surface area contributed by atoms with Gasteiger partial charge in [-0.15, -0.1) is 0 Å². The van der Waals surface area contributed by atoms with Gasteiger partial charge in [0.05, 0.1) is 20.9 Å². The van der Waals surface area contributed by atoms with E-state index in [9.17, 15) is 9.59 Å². The topological polar surface area (TPSA) is 75.1 Å². The van der Waals surface area contributed by atoms with Crippen molar-refractivity contribution in [3.63, 3.8) is 0 Å². The molecule has 3 rings (SSSR count). The molecule has 0 saturated heterocycles. The number of aromatic nitrogens is 2. The number of H-pyrrole nitrogens is 1. The van der Waals surface area contributed by atoms with Crippen LogP contribution in [0.5, 0.6) is 0 Å². The Morgan fingerprint density at radius 1 is 1.42 bits per heavy atom. The number of benzene rings is 1. The number of fused-ring (bicyclic) bond motifs is 3. The highest BCUT2D eigenvalue weighted by Crippen LogP contribution is 2.28. The fourth-order valence-corrected chi connectivity index (χ4v) is 2.81. The fraction of sp³-hybridized carbons (Fsp3) is 0.0769. The van der Waals surface area contributed by atoms with E-state index in [4.69, 9.17) is 5.11 Å². The number of aryl methyl sites for hydroxylation is 1. The molecule has 0 radical (unpaired) electrons. The van der Waals surface area contributed by atoms with Crippen molar-refractivity contribution in [2.75, 3.05) is 0 Å². The predicted octanol–water partition coefficient (Wildman–Crippen LogP) is 2.48. The zero-order chi connectivity index (χ0) is 13.7. The van der Waals surface area contributed by atoms with Gasteiger partial charge in [0, 0.05) is 24.1 Å². The molecule has 0 aliphatic carbocycles. The van der Waals surface area contributed by atoms with Gasteiger partial charge in [0.15, 0.2) is 0 Å². The molecule has 2 N–H and O–H groups in total. The molecule has 5 nitrogen and oxygen atoms in total. The van der Waals surface area contributed by atoms with Crippen LogP contribution in [0.15, 0.2) is 33.7 Å². The van der Waals surface area contributed by atoms with Crippen molar-refractivity contribution in [1.29, 1.82) is 0 Å². The lowest BCUT2D eigenvalue weighted by Gasteiger charge is -1.99. The number of carbonyl (C=O) groups is 1. The van der Waals surface area contributed by atoms with Crippen molar-refractivity contribution in [3.05, 3.63) is 44.8 Å². The number of carboxylic acid groups (broad SMARTS) is 1. The van der Waals surface area contributed by atoms with Crippen molar-refractivity contribution < 1.29 is 9.90 Å². The molecular weight excluding hydrogens is 312 g/mol. The first kappa shape index (κ1) is 12.0. The fourth-order valence-electron chi connectivity index (χ4n) is 2.20. The van der Waals surface area contributed by atoms with E-state index in [2.05, 4.69) is 20.9 Å². The summed E-state index contributed by atoms with van der Waals surface area (Å²) in [5, 5.41) is 10.3. The van der Waals surface area contributed by atoms with Crippen LogP contribution in [0, 0.1) is 0 Å². The van der Waals surface area contributed by atoms with Gasteiger partial charge in [0.2, 0.25) is 0 Å². The van der Waals surface area contributed by atoms with Gasteiger partial charge in [-0.05, 0) is 28.1 Å². The number of aromatic amines is 1. The molecule has 1 aromatic carbocycles. The highest BCUT2D eigenvalue weighted by molar-refractivity contribution is 9.10. The monoisotopic (exact) mass is 320 g/mol. The molecule has 19 heavy (non-hydrogen) atoms. The lowest BCUT2D eigenvalue weighted by atomic mass is 10.1. The van der Waals surface area contributed by atoms with Crippen LogP contribution in [0.4, 0.5) is 0 Å². The number of halogens is 1. The molecule has 0 bridgehead atoms. The molecule has 2 heterocycles. The molecule has 3 aromatic rings. The van der Waals surface area contributed by atoms with Gasteiger partial charge in [0.25, 0.3) is 5.56 Å². The maximum absolute atomic E-state index is 12.2. The Bertz CT molecular complexity index is 892. The van der Waals surface area contributed by atoms with E-state index in [-0.39, 0.29) is 11.1 Å². The molecule has 0 fully saturated rings. The third-order valence-corrected chi connectivity index (χ3v) is 3.73. The minimum atomic E-state index is -0.993. The molecule has 0 spiro atoms. The smallest absolute Gasteiger partial charge is 0.335 e. The molecule has 2 aromatic heterocycles. The highest BCUT2D eigenvalue weighted by Gasteiger charge is 2.13. The van der Waals surface area contributed by atoms with Crippen LogP contribution in [-0.4, -0.2) is 20.6 Å². The summed E-state index contributed by atoms with van der Waals surface area (Å²) in [4.78, 5) is 26.2. The molecule has 0 aliphatic heterocycles. The summed E-state index contributed by atoms with van der Waals surface area (Å²) >= 11 is 3.40. The molecule has 6 heteroatoms. The summed E-state index contributed by atoms with van der Waals surface area (Å²) in [5.74, 6) is -0.993. The van der Waals surface area contributed by atoms with Gasteiger partial charge in [-0.3, -0.25) is 4.79 Å². The van der Waals surface area contributed by atoms with Gasteiger partial charge in [-0.2, -0.15) is 0 Å². The third kappa shape index (κ3) is 1.67. The Balaban J connectivity index is 2.53. The van der Waals surface area contributed by atoms with E-state index in [1.807, 2.05) is 0 Å². The largest absolute Gasteiger partial charge is 0.478 e. The zero-order valence-electron chi connectivity index (χ0n) is 9.90. The predicted molar refractivity (Wildman–Crippen MR) is 75.7 cm³/mol. The second-order valence-corrected chi connectivity index (χ2v) is 5.19. The molecule has 96 valence electrons. The van der Waals surface area contributed by atoms with Crippen LogP contribution in [0.25, 0.3) is 21.8 Å². The van der Waals surface area contributed by atoms with E-state index in [1.54, 1.807) is 19.3 Å². The average molecular weight is 321 g/mol. The van der Waals surface area contributed by atoms with Crippen molar-refractivity contribution in [2.45, 2.75) is 0 Å². The molecule has 0 atom stereocenters. The minimum Gasteiger partial charge on any atom is -0.478 e. The lowest BCUT2D eigenvalue weighted by molar-refractivity contribution is 0.0697. The van der Waals surface area contributed by atoms with E-state index in [1.165, 1.54) is 16.7 Å². The SMILES string of the molecule is Cn1cc(Br)c2[nH]c3cc(C(=O)O)ccc3c2c1=O. The van der Waals surface area contributed by atoms with Gasteiger partial charge in [-0.25, -0.2) is 4.79 Å². The Morgan fingerprint density at radius 3 is 2.84 bits per heavy atom. The van der Waals surface area contributed by atoms with Crippen LogP contribution in [0.3, 0.4) is 0 Å². The summed E-state index contributed by atoms with van der Waals surface area (Å²) in [5.41, 5.74) is 1.39. The van der Waals surface area contributed by atoms with Crippen molar-refractivity contribution in [1.82, 2.24) is 9.55 Å². The summed E-state index contributed by atoms with van der Waals surface area (Å²) in [6.45, 7) is 0. The molecule has 0 unspecified atom stereocenters. The number of hydrogen-bond donors (Lipinski definition) is 2.